The third-order valence-corrected chi connectivity index (χ3v) is 2.13. The van der Waals surface area contributed by atoms with Gasteiger partial charge in [0, 0.05) is 12.7 Å². The summed E-state index contributed by atoms with van der Waals surface area (Å²) in [7, 11) is 0. The molecule has 2 rings (SSSR count). The van der Waals surface area contributed by atoms with Gasteiger partial charge < -0.3 is 10.4 Å². The Labute approximate surface area is 64.6 Å². The SMILES string of the molecule is O[C@]1(c2ccn[nH]2)CCNC1. The highest BCUT2D eigenvalue weighted by Gasteiger charge is 2.33. The van der Waals surface area contributed by atoms with Gasteiger partial charge in [0.25, 0.3) is 0 Å². The van der Waals surface area contributed by atoms with Crippen LogP contribution in [0.25, 0.3) is 0 Å². The molecule has 1 aromatic heterocycles. The second-order valence-corrected chi connectivity index (χ2v) is 2.93. The van der Waals surface area contributed by atoms with Crippen molar-refractivity contribution >= 4 is 0 Å². The predicted molar refractivity (Wildman–Crippen MR) is 40.0 cm³/mol. The normalized spacial score (nSPS) is 31.0. The summed E-state index contributed by atoms with van der Waals surface area (Å²) in [6, 6.07) is 1.81. The smallest absolute Gasteiger partial charge is 0.119 e. The van der Waals surface area contributed by atoms with Crippen molar-refractivity contribution in [2.24, 2.45) is 0 Å². The molecule has 1 saturated heterocycles. The fraction of sp³-hybridized carbons (Fsp3) is 0.571. The van der Waals surface area contributed by atoms with Crippen LogP contribution in [0.3, 0.4) is 0 Å². The maximum atomic E-state index is 9.92. The number of aromatic nitrogens is 2. The molecular formula is C7H11N3O. The minimum absolute atomic E-state index is 0.620. The van der Waals surface area contributed by atoms with E-state index in [4.69, 9.17) is 0 Å². The lowest BCUT2D eigenvalue weighted by atomic mass is 10.00. The largest absolute Gasteiger partial charge is 0.382 e. The fourth-order valence-electron chi connectivity index (χ4n) is 1.42. The highest BCUT2D eigenvalue weighted by atomic mass is 16.3. The van der Waals surface area contributed by atoms with Crippen LogP contribution in [0.4, 0.5) is 0 Å². The van der Waals surface area contributed by atoms with Gasteiger partial charge >= 0.3 is 0 Å². The monoisotopic (exact) mass is 153 g/mol. The number of hydrogen-bond donors (Lipinski definition) is 3. The number of nitrogens with zero attached hydrogens (tertiary/aromatic N) is 1. The van der Waals surface area contributed by atoms with Gasteiger partial charge in [-0.25, -0.2) is 0 Å². The number of aromatic amines is 1. The molecule has 1 fully saturated rings. The van der Waals surface area contributed by atoms with Crippen LogP contribution < -0.4 is 5.32 Å². The standard InChI is InChI=1S/C7H11N3O/c11-7(2-4-8-5-7)6-1-3-9-10-6/h1,3,8,11H,2,4-5H2,(H,9,10)/t7-/m1/s1. The number of hydrogen-bond acceptors (Lipinski definition) is 3. The van der Waals surface area contributed by atoms with E-state index in [1.54, 1.807) is 6.20 Å². The van der Waals surface area contributed by atoms with Gasteiger partial charge in [0.05, 0.1) is 5.69 Å². The third-order valence-electron chi connectivity index (χ3n) is 2.13. The summed E-state index contributed by atoms with van der Waals surface area (Å²) in [4.78, 5) is 0. The minimum Gasteiger partial charge on any atom is -0.382 e. The van der Waals surface area contributed by atoms with Gasteiger partial charge in [0.15, 0.2) is 0 Å². The Hall–Kier alpha value is -0.870. The highest BCUT2D eigenvalue weighted by Crippen LogP contribution is 2.24. The van der Waals surface area contributed by atoms with Crippen LogP contribution in [-0.2, 0) is 5.60 Å². The molecular weight excluding hydrogens is 142 g/mol. The molecule has 0 aromatic carbocycles. The molecule has 0 unspecified atom stereocenters. The maximum Gasteiger partial charge on any atom is 0.119 e. The van der Waals surface area contributed by atoms with Crippen molar-refractivity contribution in [3.63, 3.8) is 0 Å². The number of nitrogens with one attached hydrogen (secondary N) is 2. The molecule has 60 valence electrons. The molecule has 11 heavy (non-hydrogen) atoms. The average Bonchev–Trinajstić information content (AvgIpc) is 2.55. The van der Waals surface area contributed by atoms with Gasteiger partial charge in [0.2, 0.25) is 0 Å². The van der Waals surface area contributed by atoms with E-state index in [-0.39, 0.29) is 0 Å². The van der Waals surface area contributed by atoms with E-state index in [9.17, 15) is 5.11 Å². The summed E-state index contributed by atoms with van der Waals surface area (Å²) in [6.45, 7) is 1.49. The van der Waals surface area contributed by atoms with Crippen LogP contribution in [-0.4, -0.2) is 28.4 Å². The zero-order valence-electron chi connectivity index (χ0n) is 6.17. The lowest BCUT2D eigenvalue weighted by Crippen LogP contribution is -2.28. The van der Waals surface area contributed by atoms with Crippen LogP contribution in [0, 0.1) is 0 Å². The highest BCUT2D eigenvalue weighted by molar-refractivity contribution is 5.12. The van der Waals surface area contributed by atoms with Gasteiger partial charge in [-0.2, -0.15) is 5.10 Å². The van der Waals surface area contributed by atoms with E-state index < -0.39 is 5.60 Å². The first kappa shape index (κ1) is 6.82. The second kappa shape index (κ2) is 2.32. The first-order chi connectivity index (χ1) is 5.31. The first-order valence-electron chi connectivity index (χ1n) is 3.74. The van der Waals surface area contributed by atoms with Gasteiger partial charge in [-0.3, -0.25) is 5.10 Å². The molecule has 4 heteroatoms. The molecule has 2 heterocycles. The number of H-pyrrole nitrogens is 1. The van der Waals surface area contributed by atoms with Crippen molar-refractivity contribution in [3.05, 3.63) is 18.0 Å². The molecule has 0 bridgehead atoms. The molecule has 0 amide bonds. The van der Waals surface area contributed by atoms with E-state index in [1.165, 1.54) is 0 Å². The van der Waals surface area contributed by atoms with Crippen molar-refractivity contribution in [3.8, 4) is 0 Å². The number of β-amino-alcohol motifs (C(OH)–C–C–N with tert-alkyl or cyclic N) is 1. The van der Waals surface area contributed by atoms with Gasteiger partial charge in [-0.05, 0) is 19.0 Å². The molecule has 4 nitrogen and oxygen atoms in total. The van der Waals surface area contributed by atoms with Crippen LogP contribution in [0.1, 0.15) is 12.1 Å². The second-order valence-electron chi connectivity index (χ2n) is 2.93. The fourth-order valence-corrected chi connectivity index (χ4v) is 1.42. The molecule has 0 spiro atoms. The molecule has 1 aromatic rings. The van der Waals surface area contributed by atoms with Crippen molar-refractivity contribution in [2.75, 3.05) is 13.1 Å². The van der Waals surface area contributed by atoms with E-state index >= 15 is 0 Å². The number of aliphatic hydroxyl groups is 1. The quantitative estimate of drug-likeness (QED) is 0.514. The molecule has 1 aliphatic heterocycles. The average molecular weight is 153 g/mol. The number of rotatable bonds is 1. The van der Waals surface area contributed by atoms with E-state index in [0.29, 0.717) is 6.54 Å². The van der Waals surface area contributed by atoms with E-state index in [0.717, 1.165) is 18.7 Å². The van der Waals surface area contributed by atoms with Crippen molar-refractivity contribution < 1.29 is 5.11 Å². The third kappa shape index (κ3) is 1.04. The van der Waals surface area contributed by atoms with Crippen LogP contribution >= 0.6 is 0 Å². The summed E-state index contributed by atoms with van der Waals surface area (Å²) >= 11 is 0. The minimum atomic E-state index is -0.712. The van der Waals surface area contributed by atoms with Crippen LogP contribution in [0.15, 0.2) is 12.3 Å². The van der Waals surface area contributed by atoms with Gasteiger partial charge in [0.1, 0.15) is 5.60 Å². The summed E-state index contributed by atoms with van der Waals surface area (Å²) in [6.07, 6.45) is 2.42. The van der Waals surface area contributed by atoms with E-state index in [1.807, 2.05) is 6.07 Å². The van der Waals surface area contributed by atoms with Crippen LogP contribution in [0.5, 0.6) is 0 Å². The molecule has 0 aliphatic carbocycles. The molecule has 0 saturated carbocycles. The Kier molecular flexibility index (Phi) is 1.44. The zero-order valence-corrected chi connectivity index (χ0v) is 6.17. The molecule has 0 radical (unpaired) electrons. The topological polar surface area (TPSA) is 60.9 Å². The Morgan fingerprint density at radius 1 is 1.64 bits per heavy atom. The van der Waals surface area contributed by atoms with Gasteiger partial charge in [-0.15, -0.1) is 0 Å². The van der Waals surface area contributed by atoms with Gasteiger partial charge in [-0.1, -0.05) is 0 Å². The Morgan fingerprint density at radius 3 is 3.09 bits per heavy atom. The van der Waals surface area contributed by atoms with Crippen LogP contribution in [0.2, 0.25) is 0 Å². The molecule has 1 aliphatic rings. The van der Waals surface area contributed by atoms with Crippen molar-refractivity contribution in [1.82, 2.24) is 15.5 Å². The Balaban J connectivity index is 2.27. The zero-order chi connectivity index (χ0) is 7.73. The molecule has 3 N–H and O–H groups in total. The summed E-state index contributed by atoms with van der Waals surface area (Å²) in [5.41, 5.74) is 0.0961. The van der Waals surface area contributed by atoms with Crippen molar-refractivity contribution in [2.45, 2.75) is 12.0 Å². The Morgan fingerprint density at radius 2 is 2.55 bits per heavy atom. The summed E-state index contributed by atoms with van der Waals surface area (Å²) in [5, 5.41) is 19.6. The lowest BCUT2D eigenvalue weighted by molar-refractivity contribution is 0.0541. The summed E-state index contributed by atoms with van der Waals surface area (Å²) < 4.78 is 0. The van der Waals surface area contributed by atoms with E-state index in [2.05, 4.69) is 15.5 Å². The van der Waals surface area contributed by atoms with Crippen molar-refractivity contribution in [1.29, 1.82) is 0 Å². The predicted octanol–water partition coefficient (Wildman–Crippen LogP) is -0.409. The summed E-state index contributed by atoms with van der Waals surface area (Å²) in [5.74, 6) is 0. The maximum absolute atomic E-state index is 9.92. The lowest BCUT2D eigenvalue weighted by Gasteiger charge is -2.18. The first-order valence-corrected chi connectivity index (χ1v) is 3.74. The Bertz CT molecular complexity index is 226. The molecule has 1 atom stereocenters.